The van der Waals surface area contributed by atoms with Crippen LogP contribution in [0.3, 0.4) is 0 Å². The summed E-state index contributed by atoms with van der Waals surface area (Å²) in [4.78, 5) is 44.9. The Kier molecular flexibility index (Phi) is 5.62. The molecule has 0 radical (unpaired) electrons. The van der Waals surface area contributed by atoms with Gasteiger partial charge >= 0.3 is 0 Å². The molecule has 4 atom stereocenters. The molecule has 0 unspecified atom stereocenters. The summed E-state index contributed by atoms with van der Waals surface area (Å²) < 4.78 is 0. The third-order valence-corrected chi connectivity index (χ3v) is 8.52. The predicted octanol–water partition coefficient (Wildman–Crippen LogP) is 2.18. The van der Waals surface area contributed by atoms with Crippen LogP contribution in [0.2, 0.25) is 0 Å². The number of benzene rings is 2. The molecule has 6 N–H and O–H groups in total. The number of hydrogen-bond donors (Lipinski definition) is 5. The van der Waals surface area contributed by atoms with Gasteiger partial charge in [0, 0.05) is 34.8 Å². The van der Waals surface area contributed by atoms with Crippen LogP contribution in [-0.4, -0.2) is 73.5 Å². The van der Waals surface area contributed by atoms with Gasteiger partial charge in [-0.1, -0.05) is 24.3 Å². The number of aromatic hydroxyl groups is 1. The number of amides is 1. The van der Waals surface area contributed by atoms with Gasteiger partial charge in [0.25, 0.3) is 5.91 Å². The number of phenols is 1. The van der Waals surface area contributed by atoms with Gasteiger partial charge in [0.05, 0.1) is 11.6 Å². The van der Waals surface area contributed by atoms with E-state index in [1.165, 1.54) is 4.90 Å². The predicted molar refractivity (Wildman–Crippen MR) is 145 cm³/mol. The maximum Gasteiger partial charge on any atom is 0.255 e. The van der Waals surface area contributed by atoms with Crippen molar-refractivity contribution in [2.45, 2.75) is 24.5 Å². The maximum atomic E-state index is 14.0. The van der Waals surface area contributed by atoms with Crippen LogP contribution in [0.15, 0.2) is 65.7 Å². The lowest BCUT2D eigenvalue weighted by atomic mass is 9.57. The molecule has 3 aliphatic carbocycles. The number of nitrogens with zero attached hydrogens (tertiary/aromatic N) is 2. The first kappa shape index (κ1) is 25.7. The molecule has 3 aliphatic rings. The van der Waals surface area contributed by atoms with E-state index in [-0.39, 0.29) is 29.7 Å². The number of aliphatic hydroxyl groups is 3. The molecule has 204 valence electrons. The molecule has 1 aromatic heterocycles. The lowest BCUT2D eigenvalue weighted by molar-refractivity contribution is -0.153. The monoisotopic (exact) mass is 541 g/mol. The second-order valence-corrected chi connectivity index (χ2v) is 10.9. The van der Waals surface area contributed by atoms with Crippen LogP contribution in [0, 0.1) is 11.8 Å². The van der Waals surface area contributed by atoms with Crippen molar-refractivity contribution in [2.75, 3.05) is 14.1 Å². The number of hydrogen-bond acceptors (Lipinski definition) is 9. The SMILES string of the molecule is CN(C)[C@@H]1C(=O)C(C(N)=O)=C(O)[C@@]2(O)C(=O)C3=C(O)c4c(cc5ccc(-c6cccnc6)cc5c4O)C[C@H]3C[C@@H]12. The number of primary amides is 1. The minimum absolute atomic E-state index is 0.0461. The molecular formula is C30H27N3O7. The average Bonchev–Trinajstić information content (AvgIpc) is 2.90. The van der Waals surface area contributed by atoms with Crippen LogP contribution >= 0.6 is 0 Å². The van der Waals surface area contributed by atoms with Crippen molar-refractivity contribution < 1.29 is 34.8 Å². The summed E-state index contributed by atoms with van der Waals surface area (Å²) in [5.41, 5.74) is 3.98. The highest BCUT2D eigenvalue weighted by molar-refractivity contribution is 6.24. The van der Waals surface area contributed by atoms with Gasteiger partial charge in [-0.15, -0.1) is 0 Å². The molecule has 1 saturated carbocycles. The van der Waals surface area contributed by atoms with Crippen molar-refractivity contribution in [2.24, 2.45) is 17.6 Å². The van der Waals surface area contributed by atoms with Gasteiger partial charge in [-0.25, -0.2) is 0 Å². The summed E-state index contributed by atoms with van der Waals surface area (Å²) in [6.07, 6.45) is 3.63. The number of phenolic OH excluding ortho intramolecular Hbond substituents is 1. The Morgan fingerprint density at radius 2 is 1.85 bits per heavy atom. The Balaban J connectivity index is 1.55. The van der Waals surface area contributed by atoms with E-state index in [0.29, 0.717) is 10.9 Å². The molecule has 6 rings (SSSR count). The Hall–Kier alpha value is -4.54. The van der Waals surface area contributed by atoms with E-state index in [4.69, 9.17) is 5.73 Å². The van der Waals surface area contributed by atoms with Gasteiger partial charge < -0.3 is 26.2 Å². The summed E-state index contributed by atoms with van der Waals surface area (Å²) in [5.74, 6) is -6.65. The normalized spacial score (nSPS) is 26.1. The van der Waals surface area contributed by atoms with Crippen LogP contribution in [0.25, 0.3) is 27.7 Å². The quantitative estimate of drug-likeness (QED) is 0.311. The largest absolute Gasteiger partial charge is 0.508 e. The lowest BCUT2D eigenvalue weighted by Crippen LogP contribution is -2.65. The van der Waals surface area contributed by atoms with Crippen molar-refractivity contribution >= 4 is 34.0 Å². The van der Waals surface area contributed by atoms with Crippen LogP contribution in [-0.2, 0) is 20.8 Å². The minimum atomic E-state index is -2.66. The second kappa shape index (κ2) is 8.73. The first-order valence-electron chi connectivity index (χ1n) is 12.8. The van der Waals surface area contributed by atoms with E-state index in [2.05, 4.69) is 4.98 Å². The minimum Gasteiger partial charge on any atom is -0.508 e. The number of nitrogens with two attached hydrogens (primary N) is 1. The number of carbonyl (C=O) groups excluding carboxylic acids is 3. The molecule has 1 heterocycles. The van der Waals surface area contributed by atoms with Crippen LogP contribution in [0.5, 0.6) is 5.75 Å². The van der Waals surface area contributed by atoms with E-state index in [1.54, 1.807) is 38.6 Å². The van der Waals surface area contributed by atoms with Gasteiger partial charge in [0.2, 0.25) is 5.78 Å². The number of fused-ring (bicyclic) bond motifs is 4. The van der Waals surface area contributed by atoms with Crippen molar-refractivity contribution in [3.63, 3.8) is 0 Å². The zero-order chi connectivity index (χ0) is 28.7. The molecule has 0 spiro atoms. The smallest absolute Gasteiger partial charge is 0.255 e. The molecule has 1 fully saturated rings. The van der Waals surface area contributed by atoms with E-state index >= 15 is 0 Å². The maximum absolute atomic E-state index is 14.0. The Morgan fingerprint density at radius 1 is 1.10 bits per heavy atom. The van der Waals surface area contributed by atoms with E-state index in [1.807, 2.05) is 24.3 Å². The average molecular weight is 542 g/mol. The fourth-order valence-corrected chi connectivity index (χ4v) is 6.72. The van der Waals surface area contributed by atoms with Crippen molar-refractivity contribution in [3.8, 4) is 16.9 Å². The molecule has 10 nitrogen and oxygen atoms in total. The Labute approximate surface area is 228 Å². The Bertz CT molecular complexity index is 1710. The molecule has 0 saturated heterocycles. The van der Waals surface area contributed by atoms with Crippen molar-refractivity contribution in [1.29, 1.82) is 0 Å². The van der Waals surface area contributed by atoms with Crippen molar-refractivity contribution in [3.05, 3.63) is 76.8 Å². The third-order valence-electron chi connectivity index (χ3n) is 8.52. The Morgan fingerprint density at radius 3 is 2.50 bits per heavy atom. The van der Waals surface area contributed by atoms with Crippen LogP contribution < -0.4 is 5.73 Å². The number of rotatable bonds is 3. The number of aliphatic hydroxyl groups excluding tert-OH is 2. The van der Waals surface area contributed by atoms with Crippen LogP contribution in [0.4, 0.5) is 0 Å². The first-order valence-corrected chi connectivity index (χ1v) is 12.8. The number of likely N-dealkylation sites (N-methyl/N-ethyl adjacent to an activating group) is 1. The molecule has 10 heteroatoms. The van der Waals surface area contributed by atoms with E-state index in [9.17, 15) is 34.8 Å². The standard InChI is InChI=1S/C30H27N3O7/c1-33(2)23-19-11-17-9-16-8-14-6-5-13(15-4-3-7-32-12-15)10-18(14)24(34)20(16)25(35)21(17)27(37)30(19,40)28(38)22(26(23)36)29(31)39/h3-8,10,12,17,19,23,34-35,38,40H,9,11H2,1-2H3,(H2,31,39)/t17-,19-,23-,30-/m0/s1. The molecule has 0 bridgehead atoms. The summed E-state index contributed by atoms with van der Waals surface area (Å²) in [7, 11) is 3.13. The molecule has 2 aromatic carbocycles. The van der Waals surface area contributed by atoms with E-state index in [0.717, 1.165) is 16.5 Å². The van der Waals surface area contributed by atoms with Gasteiger partial charge in [0.1, 0.15) is 22.8 Å². The number of carbonyl (C=O) groups is 3. The summed E-state index contributed by atoms with van der Waals surface area (Å²) in [6, 6.07) is 9.92. The molecule has 40 heavy (non-hydrogen) atoms. The lowest BCUT2D eigenvalue weighted by Gasteiger charge is -2.50. The van der Waals surface area contributed by atoms with Gasteiger partial charge in [0.15, 0.2) is 11.4 Å². The highest BCUT2D eigenvalue weighted by Crippen LogP contribution is 2.53. The highest BCUT2D eigenvalue weighted by Gasteiger charge is 2.64. The summed E-state index contributed by atoms with van der Waals surface area (Å²) in [5, 5.41) is 46.7. The zero-order valence-corrected chi connectivity index (χ0v) is 21.8. The number of aromatic nitrogens is 1. The fraction of sp³-hybridized carbons (Fsp3) is 0.267. The highest BCUT2D eigenvalue weighted by atomic mass is 16.3. The molecule has 1 amide bonds. The molecule has 0 aliphatic heterocycles. The zero-order valence-electron chi connectivity index (χ0n) is 21.8. The van der Waals surface area contributed by atoms with Gasteiger partial charge in [-0.2, -0.15) is 0 Å². The third kappa shape index (κ3) is 3.36. The molecule has 3 aromatic rings. The number of pyridine rings is 1. The van der Waals surface area contributed by atoms with Crippen LogP contribution in [0.1, 0.15) is 17.5 Å². The van der Waals surface area contributed by atoms with Crippen molar-refractivity contribution in [1.82, 2.24) is 9.88 Å². The number of Topliss-reactive ketones (excluding diaryl/α,β-unsaturated/α-hetero) is 2. The van der Waals surface area contributed by atoms with E-state index < -0.39 is 58.0 Å². The van der Waals surface area contributed by atoms with Gasteiger partial charge in [-0.05, 0) is 61.5 Å². The topological polar surface area (TPSA) is 174 Å². The molecular weight excluding hydrogens is 514 g/mol. The first-order chi connectivity index (χ1) is 19.0. The fourth-order valence-electron chi connectivity index (χ4n) is 6.72. The number of ketones is 2. The second-order valence-electron chi connectivity index (χ2n) is 10.9. The van der Waals surface area contributed by atoms with Gasteiger partial charge in [-0.3, -0.25) is 24.3 Å². The summed E-state index contributed by atoms with van der Waals surface area (Å²) in [6.45, 7) is 0. The summed E-state index contributed by atoms with van der Waals surface area (Å²) >= 11 is 0.